The SMILES string of the molecule is O=c1c2scc(-c3ccccc3)c2ncn1[C@H]1CCCc2ccccc21. The fourth-order valence-corrected chi connectivity index (χ4v) is 4.95. The maximum Gasteiger partial charge on any atom is 0.271 e. The summed E-state index contributed by atoms with van der Waals surface area (Å²) >= 11 is 1.50. The second-order valence-electron chi connectivity index (χ2n) is 6.76. The molecule has 1 atom stereocenters. The van der Waals surface area contributed by atoms with Crippen LogP contribution in [0.15, 0.2) is 71.1 Å². The summed E-state index contributed by atoms with van der Waals surface area (Å²) in [7, 11) is 0. The van der Waals surface area contributed by atoms with Crippen molar-refractivity contribution >= 4 is 21.6 Å². The Hall–Kier alpha value is -2.72. The Bertz CT molecular complexity index is 1140. The standard InChI is InChI=1S/C22H18N2OS/c25-22-21-20(18(13-26-21)16-7-2-1-3-8-16)23-14-24(22)19-12-6-10-15-9-4-5-11-17(15)19/h1-5,7-9,11,13-14,19H,6,10,12H2/t19-/m0/s1. The van der Waals surface area contributed by atoms with Crippen molar-refractivity contribution in [1.29, 1.82) is 0 Å². The van der Waals surface area contributed by atoms with E-state index in [4.69, 9.17) is 4.98 Å². The molecule has 4 aromatic rings. The summed E-state index contributed by atoms with van der Waals surface area (Å²) in [4.78, 5) is 17.9. The lowest BCUT2D eigenvalue weighted by atomic mass is 9.87. The van der Waals surface area contributed by atoms with Crippen LogP contribution in [0.1, 0.15) is 30.0 Å². The molecular formula is C22H18N2OS. The fourth-order valence-electron chi connectivity index (χ4n) is 3.98. The lowest BCUT2D eigenvalue weighted by Gasteiger charge is -2.26. The maximum absolute atomic E-state index is 13.2. The molecule has 0 aliphatic heterocycles. The van der Waals surface area contributed by atoms with E-state index in [-0.39, 0.29) is 11.6 Å². The van der Waals surface area contributed by atoms with Crippen molar-refractivity contribution in [2.24, 2.45) is 0 Å². The van der Waals surface area contributed by atoms with E-state index in [1.807, 2.05) is 28.1 Å². The molecule has 1 aliphatic rings. The summed E-state index contributed by atoms with van der Waals surface area (Å²) in [5, 5.41) is 2.05. The Labute approximate surface area is 155 Å². The zero-order valence-corrected chi connectivity index (χ0v) is 15.1. The summed E-state index contributed by atoms with van der Waals surface area (Å²) in [5.74, 6) is 0. The zero-order chi connectivity index (χ0) is 17.5. The van der Waals surface area contributed by atoms with Crippen molar-refractivity contribution in [3.8, 4) is 11.1 Å². The molecule has 3 nitrogen and oxygen atoms in total. The Balaban J connectivity index is 1.66. The average Bonchev–Trinajstić information content (AvgIpc) is 3.14. The minimum absolute atomic E-state index is 0.0730. The van der Waals surface area contributed by atoms with Gasteiger partial charge < -0.3 is 0 Å². The molecule has 5 rings (SSSR count). The van der Waals surface area contributed by atoms with Crippen LogP contribution in [-0.4, -0.2) is 9.55 Å². The molecule has 26 heavy (non-hydrogen) atoms. The molecule has 0 N–H and O–H groups in total. The van der Waals surface area contributed by atoms with Crippen molar-refractivity contribution < 1.29 is 0 Å². The molecule has 0 radical (unpaired) electrons. The van der Waals surface area contributed by atoms with Crippen molar-refractivity contribution in [3.05, 3.63) is 87.8 Å². The Morgan fingerprint density at radius 1 is 1.04 bits per heavy atom. The van der Waals surface area contributed by atoms with Gasteiger partial charge in [-0.1, -0.05) is 54.6 Å². The van der Waals surface area contributed by atoms with Crippen molar-refractivity contribution in [1.82, 2.24) is 9.55 Å². The van der Waals surface area contributed by atoms with E-state index in [1.165, 1.54) is 22.5 Å². The monoisotopic (exact) mass is 358 g/mol. The van der Waals surface area contributed by atoms with Gasteiger partial charge in [0.1, 0.15) is 4.70 Å². The number of aryl methyl sites for hydroxylation is 1. The van der Waals surface area contributed by atoms with Crippen LogP contribution < -0.4 is 5.56 Å². The van der Waals surface area contributed by atoms with Gasteiger partial charge in [-0.05, 0) is 36.0 Å². The minimum Gasteiger partial charge on any atom is -0.290 e. The van der Waals surface area contributed by atoms with Crippen LogP contribution in [0.5, 0.6) is 0 Å². The summed E-state index contributed by atoms with van der Waals surface area (Å²) in [6.07, 6.45) is 4.93. The molecule has 0 fully saturated rings. The number of nitrogens with zero attached hydrogens (tertiary/aromatic N) is 2. The number of thiophene rings is 1. The largest absolute Gasteiger partial charge is 0.290 e. The van der Waals surface area contributed by atoms with E-state index in [1.54, 1.807) is 6.33 Å². The molecule has 128 valence electrons. The van der Waals surface area contributed by atoms with E-state index in [2.05, 4.69) is 36.4 Å². The first kappa shape index (κ1) is 15.5. The van der Waals surface area contributed by atoms with E-state index < -0.39 is 0 Å². The highest BCUT2D eigenvalue weighted by Crippen LogP contribution is 2.34. The van der Waals surface area contributed by atoms with E-state index in [0.717, 1.165) is 40.6 Å². The van der Waals surface area contributed by atoms with Crippen LogP contribution in [0.4, 0.5) is 0 Å². The van der Waals surface area contributed by atoms with Gasteiger partial charge in [0.15, 0.2) is 0 Å². The van der Waals surface area contributed by atoms with Gasteiger partial charge in [-0.2, -0.15) is 0 Å². The van der Waals surface area contributed by atoms with E-state index >= 15 is 0 Å². The third-order valence-electron chi connectivity index (χ3n) is 5.26. The minimum atomic E-state index is 0.0730. The first-order valence-corrected chi connectivity index (χ1v) is 9.82. The normalized spacial score (nSPS) is 16.5. The molecule has 0 spiro atoms. The van der Waals surface area contributed by atoms with Crippen LogP contribution in [0, 0.1) is 0 Å². The van der Waals surface area contributed by atoms with Gasteiger partial charge >= 0.3 is 0 Å². The van der Waals surface area contributed by atoms with Gasteiger partial charge in [-0.15, -0.1) is 11.3 Å². The number of aromatic nitrogens is 2. The van der Waals surface area contributed by atoms with Crippen molar-refractivity contribution in [2.45, 2.75) is 25.3 Å². The molecule has 1 aliphatic carbocycles. The number of hydrogen-bond acceptors (Lipinski definition) is 3. The van der Waals surface area contributed by atoms with Gasteiger partial charge in [0, 0.05) is 10.9 Å². The predicted octanol–water partition coefficient (Wildman–Crippen LogP) is 5.05. The van der Waals surface area contributed by atoms with Crippen LogP contribution in [0.25, 0.3) is 21.3 Å². The van der Waals surface area contributed by atoms with Gasteiger partial charge in [0.05, 0.1) is 17.9 Å². The third-order valence-corrected chi connectivity index (χ3v) is 6.22. The number of rotatable bonds is 2. The molecule has 0 saturated carbocycles. The molecule has 0 unspecified atom stereocenters. The van der Waals surface area contributed by atoms with Crippen LogP contribution >= 0.6 is 11.3 Å². The fraction of sp³-hybridized carbons (Fsp3) is 0.182. The highest BCUT2D eigenvalue weighted by Gasteiger charge is 2.23. The maximum atomic E-state index is 13.2. The summed E-state index contributed by atoms with van der Waals surface area (Å²) in [6.45, 7) is 0. The van der Waals surface area contributed by atoms with Crippen LogP contribution in [-0.2, 0) is 6.42 Å². The quantitative estimate of drug-likeness (QED) is 0.502. The molecule has 0 saturated heterocycles. The highest BCUT2D eigenvalue weighted by molar-refractivity contribution is 7.17. The summed E-state index contributed by atoms with van der Waals surface area (Å²) in [5.41, 5.74) is 5.65. The number of fused-ring (bicyclic) bond motifs is 2. The third kappa shape index (κ3) is 2.41. The van der Waals surface area contributed by atoms with E-state index in [0.29, 0.717) is 0 Å². The molecule has 4 heteroatoms. The second-order valence-corrected chi connectivity index (χ2v) is 7.64. The predicted molar refractivity (Wildman–Crippen MR) is 107 cm³/mol. The lowest BCUT2D eigenvalue weighted by Crippen LogP contribution is -2.28. The van der Waals surface area contributed by atoms with Gasteiger partial charge in [-0.25, -0.2) is 4.98 Å². The van der Waals surface area contributed by atoms with Crippen LogP contribution in [0.3, 0.4) is 0 Å². The Kier molecular flexibility index (Phi) is 3.71. The first-order valence-electron chi connectivity index (χ1n) is 8.94. The molecule has 2 heterocycles. The van der Waals surface area contributed by atoms with Crippen molar-refractivity contribution in [3.63, 3.8) is 0 Å². The second kappa shape index (κ2) is 6.22. The van der Waals surface area contributed by atoms with Crippen molar-refractivity contribution in [2.75, 3.05) is 0 Å². The van der Waals surface area contributed by atoms with Crippen LogP contribution in [0.2, 0.25) is 0 Å². The number of hydrogen-bond donors (Lipinski definition) is 0. The number of benzene rings is 2. The Morgan fingerprint density at radius 3 is 2.73 bits per heavy atom. The van der Waals surface area contributed by atoms with Gasteiger partial charge in [0.25, 0.3) is 5.56 Å². The average molecular weight is 358 g/mol. The zero-order valence-electron chi connectivity index (χ0n) is 14.3. The lowest BCUT2D eigenvalue weighted by molar-refractivity contribution is 0.476. The highest BCUT2D eigenvalue weighted by atomic mass is 32.1. The van der Waals surface area contributed by atoms with E-state index in [9.17, 15) is 4.79 Å². The molecule has 2 aromatic carbocycles. The summed E-state index contributed by atoms with van der Waals surface area (Å²) in [6, 6.07) is 18.7. The summed E-state index contributed by atoms with van der Waals surface area (Å²) < 4.78 is 2.58. The molecule has 0 bridgehead atoms. The molecule has 2 aromatic heterocycles. The topological polar surface area (TPSA) is 34.9 Å². The van der Waals surface area contributed by atoms with Gasteiger partial charge in [0.2, 0.25) is 0 Å². The first-order chi connectivity index (χ1) is 12.8. The smallest absolute Gasteiger partial charge is 0.271 e. The molecule has 0 amide bonds. The Morgan fingerprint density at radius 2 is 1.85 bits per heavy atom. The van der Waals surface area contributed by atoms with Gasteiger partial charge in [-0.3, -0.25) is 9.36 Å². The molecular weight excluding hydrogens is 340 g/mol.